The highest BCUT2D eigenvalue weighted by atomic mass is 35.5. The summed E-state index contributed by atoms with van der Waals surface area (Å²) in [6, 6.07) is 1.74. The standard InChI is InChI=1S/C15H19ClN8OS/c16-12-9(1-2-20-13(12)18)26-15-14(19)22-10(8-21-15)23-3-5-24(6-4-23)11(25)7-17/h1-2,8H,3-7,17H2,(H2,18,20)(H2,19,22). The molecule has 6 N–H and O–H groups in total. The van der Waals surface area contributed by atoms with E-state index in [4.69, 9.17) is 28.8 Å². The number of halogens is 1. The van der Waals surface area contributed by atoms with Gasteiger partial charge in [-0.25, -0.2) is 15.0 Å². The molecular weight excluding hydrogens is 376 g/mol. The summed E-state index contributed by atoms with van der Waals surface area (Å²) in [6.07, 6.45) is 3.24. The molecule has 138 valence electrons. The second kappa shape index (κ2) is 7.94. The van der Waals surface area contributed by atoms with Gasteiger partial charge in [0.15, 0.2) is 5.82 Å². The van der Waals surface area contributed by atoms with E-state index in [9.17, 15) is 4.79 Å². The van der Waals surface area contributed by atoms with Crippen LogP contribution in [-0.4, -0.2) is 58.5 Å². The number of nitrogens with two attached hydrogens (primary N) is 3. The summed E-state index contributed by atoms with van der Waals surface area (Å²) in [5.74, 6) is 1.19. The van der Waals surface area contributed by atoms with Crippen LogP contribution in [0.5, 0.6) is 0 Å². The first kappa shape index (κ1) is 18.5. The summed E-state index contributed by atoms with van der Waals surface area (Å²) in [5, 5.41) is 0.904. The molecule has 9 nitrogen and oxygen atoms in total. The quantitative estimate of drug-likeness (QED) is 0.673. The first-order valence-electron chi connectivity index (χ1n) is 7.92. The largest absolute Gasteiger partial charge is 0.382 e. The number of pyridine rings is 1. The second-order valence-electron chi connectivity index (χ2n) is 5.60. The maximum absolute atomic E-state index is 11.6. The van der Waals surface area contributed by atoms with Crippen LogP contribution in [0.2, 0.25) is 5.02 Å². The summed E-state index contributed by atoms with van der Waals surface area (Å²) >= 11 is 7.43. The average Bonchev–Trinajstić information content (AvgIpc) is 2.66. The third-order valence-corrected chi connectivity index (χ3v) is 5.55. The highest BCUT2D eigenvalue weighted by Crippen LogP contribution is 2.36. The van der Waals surface area contributed by atoms with E-state index >= 15 is 0 Å². The lowest BCUT2D eigenvalue weighted by molar-refractivity contribution is -0.129. The zero-order valence-corrected chi connectivity index (χ0v) is 15.5. The van der Waals surface area contributed by atoms with Crippen molar-refractivity contribution >= 4 is 46.7 Å². The van der Waals surface area contributed by atoms with Gasteiger partial charge < -0.3 is 27.0 Å². The number of carbonyl (C=O) groups excluding carboxylic acids is 1. The van der Waals surface area contributed by atoms with E-state index in [1.54, 1.807) is 23.4 Å². The van der Waals surface area contributed by atoms with E-state index in [-0.39, 0.29) is 18.3 Å². The Morgan fingerprint density at radius 1 is 1.19 bits per heavy atom. The van der Waals surface area contributed by atoms with Crippen LogP contribution in [0.4, 0.5) is 17.5 Å². The van der Waals surface area contributed by atoms with E-state index < -0.39 is 0 Å². The van der Waals surface area contributed by atoms with Gasteiger partial charge in [-0.3, -0.25) is 4.79 Å². The monoisotopic (exact) mass is 394 g/mol. The van der Waals surface area contributed by atoms with E-state index in [1.165, 1.54) is 11.8 Å². The SMILES string of the molecule is NCC(=O)N1CCN(c2cnc(Sc3ccnc(N)c3Cl)c(N)n2)CC1. The minimum Gasteiger partial charge on any atom is -0.382 e. The molecule has 0 atom stereocenters. The predicted octanol–water partition coefficient (Wildman–Crippen LogP) is 0.448. The van der Waals surface area contributed by atoms with E-state index in [0.717, 1.165) is 0 Å². The van der Waals surface area contributed by atoms with Crippen LogP contribution < -0.4 is 22.1 Å². The number of hydrogen-bond donors (Lipinski definition) is 3. The van der Waals surface area contributed by atoms with Crippen molar-refractivity contribution in [2.75, 3.05) is 49.1 Å². The Kier molecular flexibility index (Phi) is 5.64. The van der Waals surface area contributed by atoms with Gasteiger partial charge in [0, 0.05) is 37.3 Å². The molecule has 0 radical (unpaired) electrons. The fourth-order valence-corrected chi connectivity index (χ4v) is 3.57. The highest BCUT2D eigenvalue weighted by molar-refractivity contribution is 7.99. The maximum Gasteiger partial charge on any atom is 0.236 e. The number of amides is 1. The van der Waals surface area contributed by atoms with Crippen molar-refractivity contribution in [1.29, 1.82) is 0 Å². The number of carbonyl (C=O) groups is 1. The molecule has 1 saturated heterocycles. The first-order chi connectivity index (χ1) is 12.5. The number of anilines is 3. The molecule has 26 heavy (non-hydrogen) atoms. The van der Waals surface area contributed by atoms with E-state index in [1.807, 2.05) is 4.90 Å². The van der Waals surface area contributed by atoms with Gasteiger partial charge in [-0.2, -0.15) is 0 Å². The topological polar surface area (TPSA) is 140 Å². The van der Waals surface area contributed by atoms with Crippen molar-refractivity contribution in [1.82, 2.24) is 19.9 Å². The van der Waals surface area contributed by atoms with Crippen LogP contribution in [0.25, 0.3) is 0 Å². The highest BCUT2D eigenvalue weighted by Gasteiger charge is 2.22. The van der Waals surface area contributed by atoms with Crippen LogP contribution in [0.3, 0.4) is 0 Å². The Hall–Kier alpha value is -2.30. The van der Waals surface area contributed by atoms with Crippen molar-refractivity contribution in [3.63, 3.8) is 0 Å². The Morgan fingerprint density at radius 2 is 1.92 bits per heavy atom. The first-order valence-corrected chi connectivity index (χ1v) is 9.12. The Balaban J connectivity index is 1.70. The number of hydrogen-bond acceptors (Lipinski definition) is 9. The minimum absolute atomic E-state index is 0.0285. The van der Waals surface area contributed by atoms with Crippen LogP contribution in [0.1, 0.15) is 0 Å². The minimum atomic E-state index is -0.0458. The molecule has 2 aromatic heterocycles. The molecular formula is C15H19ClN8OS. The van der Waals surface area contributed by atoms with Crippen molar-refractivity contribution in [3.8, 4) is 0 Å². The van der Waals surface area contributed by atoms with Gasteiger partial charge in [-0.1, -0.05) is 23.4 Å². The maximum atomic E-state index is 11.6. The summed E-state index contributed by atoms with van der Waals surface area (Å²) < 4.78 is 0. The predicted molar refractivity (Wildman–Crippen MR) is 102 cm³/mol. The lowest BCUT2D eigenvalue weighted by Crippen LogP contribution is -2.50. The van der Waals surface area contributed by atoms with Crippen LogP contribution in [-0.2, 0) is 4.79 Å². The lowest BCUT2D eigenvalue weighted by atomic mass is 10.3. The molecule has 3 rings (SSSR count). The third kappa shape index (κ3) is 3.92. The summed E-state index contributed by atoms with van der Waals surface area (Å²) in [7, 11) is 0. The molecule has 3 heterocycles. The van der Waals surface area contributed by atoms with Gasteiger partial charge >= 0.3 is 0 Å². The molecule has 1 fully saturated rings. The molecule has 11 heteroatoms. The Bertz CT molecular complexity index is 812. The number of aromatic nitrogens is 3. The van der Waals surface area contributed by atoms with Crippen molar-refractivity contribution in [2.24, 2.45) is 5.73 Å². The number of nitrogen functional groups attached to an aromatic ring is 2. The number of nitrogens with zero attached hydrogens (tertiary/aromatic N) is 5. The summed E-state index contributed by atoms with van der Waals surface area (Å²) in [6.45, 7) is 2.53. The molecule has 0 spiro atoms. The summed E-state index contributed by atoms with van der Waals surface area (Å²) in [4.78, 5) is 28.9. The van der Waals surface area contributed by atoms with Gasteiger partial charge in [0.2, 0.25) is 5.91 Å². The smallest absolute Gasteiger partial charge is 0.236 e. The van der Waals surface area contributed by atoms with Crippen LogP contribution in [0, 0.1) is 0 Å². The third-order valence-electron chi connectivity index (χ3n) is 3.97. The van der Waals surface area contributed by atoms with Crippen LogP contribution in [0.15, 0.2) is 28.4 Å². The van der Waals surface area contributed by atoms with Gasteiger partial charge in [-0.05, 0) is 6.07 Å². The molecule has 2 aromatic rings. The second-order valence-corrected chi connectivity index (χ2v) is 7.01. The van der Waals surface area contributed by atoms with Crippen LogP contribution >= 0.6 is 23.4 Å². The lowest BCUT2D eigenvalue weighted by Gasteiger charge is -2.35. The zero-order chi connectivity index (χ0) is 18.7. The van der Waals surface area contributed by atoms with Crippen molar-refractivity contribution < 1.29 is 4.79 Å². The van der Waals surface area contributed by atoms with Crippen molar-refractivity contribution in [2.45, 2.75) is 9.92 Å². The van der Waals surface area contributed by atoms with E-state index in [0.29, 0.717) is 52.8 Å². The molecule has 0 bridgehead atoms. The molecule has 1 amide bonds. The van der Waals surface area contributed by atoms with Crippen molar-refractivity contribution in [3.05, 3.63) is 23.5 Å². The Labute approximate surface area is 159 Å². The molecule has 1 aliphatic heterocycles. The number of piperazine rings is 1. The fraction of sp³-hybridized carbons (Fsp3) is 0.333. The fourth-order valence-electron chi connectivity index (χ4n) is 2.55. The van der Waals surface area contributed by atoms with Gasteiger partial charge in [0.05, 0.1) is 17.8 Å². The van der Waals surface area contributed by atoms with Gasteiger partial charge in [-0.15, -0.1) is 0 Å². The molecule has 0 saturated carbocycles. The van der Waals surface area contributed by atoms with Gasteiger partial charge in [0.25, 0.3) is 0 Å². The van der Waals surface area contributed by atoms with E-state index in [2.05, 4.69) is 15.0 Å². The normalized spacial score (nSPS) is 14.5. The molecule has 0 aromatic carbocycles. The number of rotatable bonds is 4. The summed E-state index contributed by atoms with van der Waals surface area (Å²) in [5.41, 5.74) is 17.2. The van der Waals surface area contributed by atoms with Gasteiger partial charge in [0.1, 0.15) is 16.7 Å². The molecule has 0 aliphatic carbocycles. The zero-order valence-electron chi connectivity index (χ0n) is 13.9. The Morgan fingerprint density at radius 3 is 2.58 bits per heavy atom. The molecule has 0 unspecified atom stereocenters. The molecule has 1 aliphatic rings. The average molecular weight is 395 g/mol.